The van der Waals surface area contributed by atoms with Crippen LogP contribution in [0.3, 0.4) is 0 Å². The minimum absolute atomic E-state index is 1.11. The van der Waals surface area contributed by atoms with Crippen molar-refractivity contribution in [3.8, 4) is 0 Å². The van der Waals surface area contributed by atoms with Crippen LogP contribution in [0.4, 0.5) is 0 Å². The van der Waals surface area contributed by atoms with E-state index in [0.717, 1.165) is 5.56 Å². The van der Waals surface area contributed by atoms with E-state index < -0.39 is 0 Å². The monoisotopic (exact) mass is 197 g/mol. The summed E-state index contributed by atoms with van der Waals surface area (Å²) in [5, 5.41) is 4.30. The van der Waals surface area contributed by atoms with E-state index in [2.05, 4.69) is 36.3 Å². The zero-order valence-corrected chi connectivity index (χ0v) is 8.67. The highest BCUT2D eigenvalue weighted by Gasteiger charge is 1.92. The molecule has 0 aliphatic heterocycles. The highest BCUT2D eigenvalue weighted by atomic mass is 15.3. The highest BCUT2D eigenvalue weighted by Crippen LogP contribution is 1.99. The van der Waals surface area contributed by atoms with Crippen LogP contribution >= 0.6 is 0 Å². The Morgan fingerprint density at radius 2 is 1.67 bits per heavy atom. The molecule has 0 saturated heterocycles. The molecule has 15 heavy (non-hydrogen) atoms. The summed E-state index contributed by atoms with van der Waals surface area (Å²) >= 11 is 0. The molecule has 0 aliphatic carbocycles. The Morgan fingerprint density at radius 1 is 1.00 bits per heavy atom. The predicted molar refractivity (Wildman–Crippen MR) is 60.8 cm³/mol. The Balaban J connectivity index is 2.15. The van der Waals surface area contributed by atoms with Gasteiger partial charge < -0.3 is 0 Å². The third-order valence-electron chi connectivity index (χ3n) is 2.12. The fraction of sp³-hybridized carbons (Fsp3) is 0.0769. The van der Waals surface area contributed by atoms with E-state index >= 15 is 0 Å². The maximum Gasteiger partial charge on any atom is 0.202 e. The molecule has 1 aromatic carbocycles. The molecule has 0 aliphatic rings. The number of benzene rings is 1. The molecule has 1 aromatic heterocycles. The van der Waals surface area contributed by atoms with Crippen LogP contribution in [0.1, 0.15) is 11.1 Å². The van der Waals surface area contributed by atoms with Crippen molar-refractivity contribution in [1.29, 1.82) is 0 Å². The minimum atomic E-state index is 1.11. The van der Waals surface area contributed by atoms with Gasteiger partial charge in [-0.3, -0.25) is 0 Å². The zero-order chi connectivity index (χ0) is 10.5. The predicted octanol–water partition coefficient (Wildman–Crippen LogP) is 2.16. The third-order valence-corrected chi connectivity index (χ3v) is 2.12. The van der Waals surface area contributed by atoms with Crippen molar-refractivity contribution in [3.63, 3.8) is 0 Å². The molecular formula is C13H13N2+. The molecular weight excluding hydrogens is 184 g/mol. The first-order valence-corrected chi connectivity index (χ1v) is 4.92. The molecule has 0 bridgehead atoms. The maximum atomic E-state index is 4.30. The van der Waals surface area contributed by atoms with Gasteiger partial charge in [0.2, 0.25) is 12.4 Å². The van der Waals surface area contributed by atoms with Crippen LogP contribution < -0.4 is 4.68 Å². The topological polar surface area (TPSA) is 16.2 Å². The lowest BCUT2D eigenvalue weighted by molar-refractivity contribution is -0.678. The molecule has 2 aromatic rings. The van der Waals surface area contributed by atoms with Crippen molar-refractivity contribution < 1.29 is 4.68 Å². The van der Waals surface area contributed by atoms with Crippen molar-refractivity contribution in [3.05, 3.63) is 66.0 Å². The number of nitrogens with zero attached hydrogens (tertiary/aromatic N) is 2. The molecule has 1 heterocycles. The molecule has 0 unspecified atom stereocenters. The standard InChI is InChI=1S/C13H13N2/c1-12-5-7-13(8-6-12)11-14-15-9-3-2-4-10-15/h2-11H,1H3/q+1/b14-11+. The van der Waals surface area contributed by atoms with Gasteiger partial charge in [-0.15, -0.1) is 0 Å². The van der Waals surface area contributed by atoms with E-state index in [1.165, 1.54) is 5.56 Å². The number of rotatable bonds is 2. The van der Waals surface area contributed by atoms with Crippen molar-refractivity contribution in [2.24, 2.45) is 5.10 Å². The van der Waals surface area contributed by atoms with E-state index in [4.69, 9.17) is 0 Å². The van der Waals surface area contributed by atoms with Gasteiger partial charge in [0.15, 0.2) is 0 Å². The summed E-state index contributed by atoms with van der Waals surface area (Å²) in [7, 11) is 0. The lowest BCUT2D eigenvalue weighted by atomic mass is 10.2. The van der Waals surface area contributed by atoms with Gasteiger partial charge in [0.25, 0.3) is 0 Å². The summed E-state index contributed by atoms with van der Waals surface area (Å²) in [5.41, 5.74) is 2.37. The van der Waals surface area contributed by atoms with Gasteiger partial charge in [0.05, 0.1) is 0 Å². The normalized spacial score (nSPS) is 10.7. The van der Waals surface area contributed by atoms with Gasteiger partial charge in [-0.25, -0.2) is 0 Å². The van der Waals surface area contributed by atoms with E-state index in [9.17, 15) is 0 Å². The zero-order valence-electron chi connectivity index (χ0n) is 8.67. The summed E-state index contributed by atoms with van der Waals surface area (Å²) < 4.78 is 1.78. The first kappa shape index (κ1) is 9.59. The summed E-state index contributed by atoms with van der Waals surface area (Å²) in [6.45, 7) is 2.08. The molecule has 2 heteroatoms. The van der Waals surface area contributed by atoms with Crippen molar-refractivity contribution in [2.75, 3.05) is 0 Å². The molecule has 2 rings (SSSR count). The number of pyridine rings is 1. The van der Waals surface area contributed by atoms with E-state index in [-0.39, 0.29) is 0 Å². The summed E-state index contributed by atoms with van der Waals surface area (Å²) in [6.07, 6.45) is 5.66. The van der Waals surface area contributed by atoms with Crippen LogP contribution in [0.2, 0.25) is 0 Å². The second-order valence-corrected chi connectivity index (χ2v) is 3.41. The SMILES string of the molecule is Cc1ccc(/C=N/[n+]2ccccc2)cc1. The van der Waals surface area contributed by atoms with Crippen LogP contribution in [0.5, 0.6) is 0 Å². The molecule has 2 nitrogen and oxygen atoms in total. The van der Waals surface area contributed by atoms with Crippen LogP contribution in [0.25, 0.3) is 0 Å². The lowest BCUT2D eigenvalue weighted by Gasteiger charge is -1.91. The Bertz CT molecular complexity index is 444. The first-order chi connectivity index (χ1) is 7.34. The average Bonchev–Trinajstić information content (AvgIpc) is 2.30. The Kier molecular flexibility index (Phi) is 2.88. The number of aromatic nitrogens is 1. The highest BCUT2D eigenvalue weighted by molar-refractivity contribution is 5.78. The van der Waals surface area contributed by atoms with Gasteiger partial charge in [-0.2, -0.15) is 0 Å². The Labute approximate surface area is 89.5 Å². The van der Waals surface area contributed by atoms with E-state index in [1.54, 1.807) is 4.68 Å². The third kappa shape index (κ3) is 2.74. The molecule has 0 fully saturated rings. The lowest BCUT2D eigenvalue weighted by Crippen LogP contribution is -2.25. The van der Waals surface area contributed by atoms with Gasteiger partial charge in [-0.1, -0.05) is 40.6 Å². The smallest absolute Gasteiger partial charge is 0.0596 e. The number of hydrogen-bond donors (Lipinski definition) is 0. The van der Waals surface area contributed by atoms with Gasteiger partial charge in [-0.05, 0) is 17.6 Å². The summed E-state index contributed by atoms with van der Waals surface area (Å²) in [5.74, 6) is 0. The number of hydrogen-bond acceptors (Lipinski definition) is 1. The fourth-order valence-corrected chi connectivity index (χ4v) is 1.25. The van der Waals surface area contributed by atoms with Crippen molar-refractivity contribution in [1.82, 2.24) is 0 Å². The molecule has 0 N–H and O–H groups in total. The number of aryl methyl sites for hydroxylation is 1. The second kappa shape index (κ2) is 4.51. The van der Waals surface area contributed by atoms with Crippen LogP contribution in [0.15, 0.2) is 60.0 Å². The average molecular weight is 197 g/mol. The van der Waals surface area contributed by atoms with Gasteiger partial charge in [0, 0.05) is 12.1 Å². The largest absolute Gasteiger partial charge is 0.202 e. The van der Waals surface area contributed by atoms with Crippen LogP contribution in [0, 0.1) is 6.92 Å². The molecule has 0 atom stereocenters. The van der Waals surface area contributed by atoms with Crippen molar-refractivity contribution in [2.45, 2.75) is 6.92 Å². The van der Waals surface area contributed by atoms with Gasteiger partial charge >= 0.3 is 0 Å². The van der Waals surface area contributed by atoms with Crippen LogP contribution in [-0.2, 0) is 0 Å². The quantitative estimate of drug-likeness (QED) is 0.518. The summed E-state index contributed by atoms with van der Waals surface area (Å²) in [6, 6.07) is 14.1. The molecule has 0 radical (unpaired) electrons. The molecule has 0 amide bonds. The maximum absolute atomic E-state index is 4.30. The summed E-state index contributed by atoms with van der Waals surface area (Å²) in [4.78, 5) is 0. The Morgan fingerprint density at radius 3 is 2.33 bits per heavy atom. The molecule has 0 spiro atoms. The van der Waals surface area contributed by atoms with Crippen LogP contribution in [-0.4, -0.2) is 6.21 Å². The minimum Gasteiger partial charge on any atom is -0.0596 e. The second-order valence-electron chi connectivity index (χ2n) is 3.41. The molecule has 74 valence electrons. The first-order valence-electron chi connectivity index (χ1n) is 4.92. The fourth-order valence-electron chi connectivity index (χ4n) is 1.25. The molecule has 0 saturated carbocycles. The van der Waals surface area contributed by atoms with Crippen molar-refractivity contribution >= 4 is 6.21 Å². The van der Waals surface area contributed by atoms with E-state index in [1.807, 2.05) is 36.8 Å². The van der Waals surface area contributed by atoms with Gasteiger partial charge in [0.1, 0.15) is 6.21 Å². The van der Waals surface area contributed by atoms with E-state index in [0.29, 0.717) is 0 Å². The Hall–Kier alpha value is -1.96.